The maximum atomic E-state index is 11.8. The van der Waals surface area contributed by atoms with Gasteiger partial charge < -0.3 is 16.2 Å². The number of hydrogen-bond acceptors (Lipinski definition) is 3. The Hall–Kier alpha value is -2.32. The molecular formula is C15H18N2O3. The molecule has 0 aliphatic carbocycles. The van der Waals surface area contributed by atoms with Gasteiger partial charge in [-0.1, -0.05) is 30.3 Å². The second-order valence-electron chi connectivity index (χ2n) is 4.44. The third-order valence-electron chi connectivity index (χ3n) is 2.86. The van der Waals surface area contributed by atoms with E-state index < -0.39 is 24.0 Å². The molecule has 4 N–H and O–H groups in total. The van der Waals surface area contributed by atoms with Crippen molar-refractivity contribution in [2.75, 3.05) is 0 Å². The highest BCUT2D eigenvalue weighted by Gasteiger charge is 2.22. The van der Waals surface area contributed by atoms with Gasteiger partial charge >= 0.3 is 5.97 Å². The van der Waals surface area contributed by atoms with E-state index in [1.807, 2.05) is 30.3 Å². The Morgan fingerprint density at radius 1 is 1.35 bits per heavy atom. The van der Waals surface area contributed by atoms with Crippen LogP contribution in [-0.4, -0.2) is 29.1 Å². The van der Waals surface area contributed by atoms with E-state index >= 15 is 0 Å². The number of nitrogens with two attached hydrogens (primary N) is 1. The van der Waals surface area contributed by atoms with Gasteiger partial charge in [0.05, 0.1) is 6.04 Å². The molecule has 1 aromatic rings. The lowest BCUT2D eigenvalue weighted by Crippen LogP contribution is -2.48. The molecule has 106 valence electrons. The monoisotopic (exact) mass is 274 g/mol. The van der Waals surface area contributed by atoms with Gasteiger partial charge in [0.15, 0.2) is 0 Å². The van der Waals surface area contributed by atoms with Gasteiger partial charge in [-0.3, -0.25) is 4.79 Å². The number of carboxylic acids is 1. The Bertz CT molecular complexity index is 494. The third kappa shape index (κ3) is 5.12. The maximum Gasteiger partial charge on any atom is 0.327 e. The summed E-state index contributed by atoms with van der Waals surface area (Å²) in [5.74, 6) is 0.558. The Balaban J connectivity index is 2.46. The number of carbonyl (C=O) groups is 2. The molecule has 0 aromatic heterocycles. The zero-order chi connectivity index (χ0) is 15.0. The number of nitrogens with one attached hydrogen (secondary N) is 1. The first-order valence-electron chi connectivity index (χ1n) is 6.30. The molecule has 0 aliphatic heterocycles. The Kier molecular flexibility index (Phi) is 6.27. The van der Waals surface area contributed by atoms with Gasteiger partial charge in [-0.2, -0.15) is 0 Å². The Morgan fingerprint density at radius 3 is 2.55 bits per heavy atom. The van der Waals surface area contributed by atoms with Gasteiger partial charge in [0.2, 0.25) is 5.91 Å². The van der Waals surface area contributed by atoms with Crippen molar-refractivity contribution in [2.45, 2.75) is 31.3 Å². The average molecular weight is 274 g/mol. The highest BCUT2D eigenvalue weighted by Crippen LogP contribution is 2.04. The number of terminal acetylenes is 1. The summed E-state index contributed by atoms with van der Waals surface area (Å²) in [5.41, 5.74) is 6.83. The van der Waals surface area contributed by atoms with E-state index in [9.17, 15) is 9.59 Å². The smallest absolute Gasteiger partial charge is 0.327 e. The van der Waals surface area contributed by atoms with Crippen LogP contribution >= 0.6 is 0 Å². The lowest BCUT2D eigenvalue weighted by atomic mass is 10.0. The number of aliphatic carboxylic acids is 1. The second kappa shape index (κ2) is 7.97. The number of carbonyl (C=O) groups excluding carboxylic acids is 1. The van der Waals surface area contributed by atoms with Gasteiger partial charge in [0.1, 0.15) is 6.04 Å². The van der Waals surface area contributed by atoms with Crippen molar-refractivity contribution < 1.29 is 14.7 Å². The van der Waals surface area contributed by atoms with Gasteiger partial charge in [0.25, 0.3) is 0 Å². The van der Waals surface area contributed by atoms with Crippen LogP contribution in [-0.2, 0) is 16.0 Å². The van der Waals surface area contributed by atoms with Crippen LogP contribution < -0.4 is 11.1 Å². The molecular weight excluding hydrogens is 256 g/mol. The first kappa shape index (κ1) is 15.7. The number of benzene rings is 1. The van der Waals surface area contributed by atoms with E-state index in [4.69, 9.17) is 17.3 Å². The SMILES string of the molecule is C#CCC(NC(=O)[C@@H](N)CCc1ccccc1)C(=O)O. The molecule has 0 fully saturated rings. The van der Waals surface area contributed by atoms with Crippen LogP contribution in [0.2, 0.25) is 0 Å². The molecule has 1 unspecified atom stereocenters. The fourth-order valence-electron chi connectivity index (χ4n) is 1.69. The van der Waals surface area contributed by atoms with Crippen molar-refractivity contribution in [2.24, 2.45) is 5.73 Å². The van der Waals surface area contributed by atoms with Crippen molar-refractivity contribution in [3.63, 3.8) is 0 Å². The van der Waals surface area contributed by atoms with Crippen LogP contribution in [0.15, 0.2) is 30.3 Å². The summed E-state index contributed by atoms with van der Waals surface area (Å²) in [5, 5.41) is 11.2. The number of hydrogen-bond donors (Lipinski definition) is 3. The summed E-state index contributed by atoms with van der Waals surface area (Å²) in [6, 6.07) is 7.78. The minimum absolute atomic E-state index is 0.0630. The molecule has 0 heterocycles. The molecule has 0 radical (unpaired) electrons. The van der Waals surface area contributed by atoms with E-state index in [-0.39, 0.29) is 6.42 Å². The number of carboxylic acid groups (broad SMARTS) is 1. The molecule has 5 heteroatoms. The molecule has 1 rings (SSSR count). The molecule has 0 saturated carbocycles. The molecule has 0 bridgehead atoms. The third-order valence-corrected chi connectivity index (χ3v) is 2.86. The van der Waals surface area contributed by atoms with E-state index in [2.05, 4.69) is 11.2 Å². The van der Waals surface area contributed by atoms with E-state index in [0.717, 1.165) is 5.56 Å². The summed E-state index contributed by atoms with van der Waals surface area (Å²) in [7, 11) is 0. The van der Waals surface area contributed by atoms with Gasteiger partial charge in [-0.05, 0) is 18.4 Å². The summed E-state index contributed by atoms with van der Waals surface area (Å²) in [6.45, 7) is 0. The van der Waals surface area contributed by atoms with Crippen molar-refractivity contribution in [3.05, 3.63) is 35.9 Å². The number of rotatable bonds is 7. The predicted molar refractivity (Wildman–Crippen MR) is 75.8 cm³/mol. The maximum absolute atomic E-state index is 11.8. The lowest BCUT2D eigenvalue weighted by Gasteiger charge is -2.16. The fraction of sp³-hybridized carbons (Fsp3) is 0.333. The predicted octanol–water partition coefficient (Wildman–Crippen LogP) is 0.539. The highest BCUT2D eigenvalue weighted by molar-refractivity contribution is 5.86. The normalized spacial score (nSPS) is 13.0. The van der Waals surface area contributed by atoms with Crippen LogP contribution in [0.3, 0.4) is 0 Å². The zero-order valence-electron chi connectivity index (χ0n) is 11.1. The van der Waals surface area contributed by atoms with E-state index in [0.29, 0.717) is 12.8 Å². The molecule has 1 amide bonds. The van der Waals surface area contributed by atoms with Crippen LogP contribution in [0.25, 0.3) is 0 Å². The zero-order valence-corrected chi connectivity index (χ0v) is 11.1. The summed E-state index contributed by atoms with van der Waals surface area (Å²) in [4.78, 5) is 22.7. The van der Waals surface area contributed by atoms with Crippen molar-refractivity contribution in [1.82, 2.24) is 5.32 Å². The van der Waals surface area contributed by atoms with Crippen LogP contribution in [0.1, 0.15) is 18.4 Å². The molecule has 2 atom stereocenters. The topological polar surface area (TPSA) is 92.4 Å². The first-order valence-corrected chi connectivity index (χ1v) is 6.30. The van der Waals surface area contributed by atoms with E-state index in [1.54, 1.807) is 0 Å². The minimum atomic E-state index is -1.16. The van der Waals surface area contributed by atoms with Crippen molar-refractivity contribution in [3.8, 4) is 12.3 Å². The quantitative estimate of drug-likeness (QED) is 0.633. The second-order valence-corrected chi connectivity index (χ2v) is 4.44. The van der Waals surface area contributed by atoms with Gasteiger partial charge in [0, 0.05) is 6.42 Å². The summed E-state index contributed by atoms with van der Waals surface area (Å²) >= 11 is 0. The largest absolute Gasteiger partial charge is 0.480 e. The van der Waals surface area contributed by atoms with Crippen LogP contribution in [0, 0.1) is 12.3 Å². The Morgan fingerprint density at radius 2 is 2.00 bits per heavy atom. The van der Waals surface area contributed by atoms with Crippen LogP contribution in [0.4, 0.5) is 0 Å². The van der Waals surface area contributed by atoms with Crippen LogP contribution in [0.5, 0.6) is 0 Å². The first-order chi connectivity index (χ1) is 9.54. The summed E-state index contributed by atoms with van der Waals surface area (Å²) in [6.07, 6.45) is 6.09. The number of amides is 1. The lowest BCUT2D eigenvalue weighted by molar-refractivity contribution is -0.141. The van der Waals surface area contributed by atoms with Crippen molar-refractivity contribution >= 4 is 11.9 Å². The fourth-order valence-corrected chi connectivity index (χ4v) is 1.69. The van der Waals surface area contributed by atoms with E-state index in [1.165, 1.54) is 0 Å². The average Bonchev–Trinajstić information content (AvgIpc) is 2.45. The van der Waals surface area contributed by atoms with Crippen molar-refractivity contribution in [1.29, 1.82) is 0 Å². The standard InChI is InChI=1S/C15H18N2O3/c1-2-6-13(15(19)20)17-14(18)12(16)10-9-11-7-4-3-5-8-11/h1,3-5,7-8,12-13H,6,9-10,16H2,(H,17,18)(H,19,20)/t12-,13?/m0/s1. The molecule has 5 nitrogen and oxygen atoms in total. The van der Waals surface area contributed by atoms with Gasteiger partial charge in [-0.15, -0.1) is 12.3 Å². The number of aryl methyl sites for hydroxylation is 1. The van der Waals surface area contributed by atoms with Gasteiger partial charge in [-0.25, -0.2) is 4.79 Å². The molecule has 1 aromatic carbocycles. The minimum Gasteiger partial charge on any atom is -0.480 e. The summed E-state index contributed by atoms with van der Waals surface area (Å²) < 4.78 is 0. The molecule has 0 saturated heterocycles. The molecule has 0 aliphatic rings. The molecule has 20 heavy (non-hydrogen) atoms. The highest BCUT2D eigenvalue weighted by atomic mass is 16.4. The molecule has 0 spiro atoms. The Labute approximate surface area is 118 Å².